The Bertz CT molecular complexity index is 672. The Hall–Kier alpha value is -2.90. The standard InChI is InChI=1S/C17H23N3O5/c1-9(2)13(15(22)20-17(18)24)25-16(23)11(4)19-14(21)12-7-5-6-10(3)8-12/h5-9,11,13H,1-4H3,(H,19,21)(H3,18,20,22,24)/t11-,13+/m0/s1. The van der Waals surface area contributed by atoms with Crippen molar-refractivity contribution in [3.63, 3.8) is 0 Å². The Kier molecular flexibility index (Phi) is 7.10. The lowest BCUT2D eigenvalue weighted by Crippen LogP contribution is -2.48. The van der Waals surface area contributed by atoms with Crippen molar-refractivity contribution in [1.82, 2.24) is 10.6 Å². The molecule has 1 aromatic rings. The molecular formula is C17H23N3O5. The van der Waals surface area contributed by atoms with Gasteiger partial charge in [-0.2, -0.15) is 0 Å². The minimum Gasteiger partial charge on any atom is -0.450 e. The molecule has 0 aromatic heterocycles. The first-order valence-electron chi connectivity index (χ1n) is 7.80. The first kappa shape index (κ1) is 20.1. The molecule has 25 heavy (non-hydrogen) atoms. The summed E-state index contributed by atoms with van der Waals surface area (Å²) in [5.41, 5.74) is 6.21. The van der Waals surface area contributed by atoms with Crippen molar-refractivity contribution < 1.29 is 23.9 Å². The van der Waals surface area contributed by atoms with Crippen LogP contribution < -0.4 is 16.4 Å². The van der Waals surface area contributed by atoms with Gasteiger partial charge >= 0.3 is 12.0 Å². The van der Waals surface area contributed by atoms with Gasteiger partial charge in [-0.05, 0) is 31.9 Å². The summed E-state index contributed by atoms with van der Waals surface area (Å²) in [6.45, 7) is 6.58. The lowest BCUT2D eigenvalue weighted by molar-refractivity contribution is -0.159. The van der Waals surface area contributed by atoms with E-state index in [0.717, 1.165) is 5.56 Å². The van der Waals surface area contributed by atoms with E-state index in [9.17, 15) is 19.2 Å². The van der Waals surface area contributed by atoms with E-state index in [1.165, 1.54) is 6.92 Å². The van der Waals surface area contributed by atoms with Crippen LogP contribution >= 0.6 is 0 Å². The zero-order valence-corrected chi connectivity index (χ0v) is 14.7. The number of nitrogens with one attached hydrogen (secondary N) is 2. The highest BCUT2D eigenvalue weighted by atomic mass is 16.5. The van der Waals surface area contributed by atoms with Crippen molar-refractivity contribution in [1.29, 1.82) is 0 Å². The molecule has 8 heteroatoms. The highest BCUT2D eigenvalue weighted by Crippen LogP contribution is 2.09. The van der Waals surface area contributed by atoms with E-state index in [0.29, 0.717) is 5.56 Å². The largest absolute Gasteiger partial charge is 0.450 e. The first-order chi connectivity index (χ1) is 11.6. The molecule has 0 saturated carbocycles. The van der Waals surface area contributed by atoms with Crippen LogP contribution in [0.4, 0.5) is 4.79 Å². The molecule has 0 aliphatic rings. The third kappa shape index (κ3) is 6.25. The third-order valence-electron chi connectivity index (χ3n) is 3.33. The summed E-state index contributed by atoms with van der Waals surface area (Å²) in [5, 5.41) is 4.39. The number of ether oxygens (including phenoxy) is 1. The predicted molar refractivity (Wildman–Crippen MR) is 90.6 cm³/mol. The van der Waals surface area contributed by atoms with Gasteiger partial charge in [-0.15, -0.1) is 0 Å². The fraction of sp³-hybridized carbons (Fsp3) is 0.412. The highest BCUT2D eigenvalue weighted by molar-refractivity contribution is 5.98. The number of carbonyl (C=O) groups excluding carboxylic acids is 4. The Morgan fingerprint density at radius 3 is 2.28 bits per heavy atom. The van der Waals surface area contributed by atoms with Gasteiger partial charge in [0.1, 0.15) is 6.04 Å². The second kappa shape index (κ2) is 8.81. The average Bonchev–Trinajstić information content (AvgIpc) is 2.50. The van der Waals surface area contributed by atoms with E-state index >= 15 is 0 Å². The van der Waals surface area contributed by atoms with Crippen LogP contribution in [0.3, 0.4) is 0 Å². The molecule has 0 aliphatic carbocycles. The molecule has 136 valence electrons. The summed E-state index contributed by atoms with van der Waals surface area (Å²) in [6.07, 6.45) is -1.20. The summed E-state index contributed by atoms with van der Waals surface area (Å²) in [6, 6.07) is 4.88. The normalized spacial score (nSPS) is 12.8. The van der Waals surface area contributed by atoms with Crippen LogP contribution in [-0.4, -0.2) is 36.0 Å². The number of esters is 1. The maximum absolute atomic E-state index is 12.2. The van der Waals surface area contributed by atoms with Gasteiger partial charge in [0.15, 0.2) is 6.10 Å². The molecule has 0 heterocycles. The van der Waals surface area contributed by atoms with Crippen molar-refractivity contribution in [2.24, 2.45) is 11.7 Å². The van der Waals surface area contributed by atoms with Gasteiger partial charge in [0.2, 0.25) is 0 Å². The lowest BCUT2D eigenvalue weighted by Gasteiger charge is -2.22. The van der Waals surface area contributed by atoms with Crippen molar-refractivity contribution >= 4 is 23.8 Å². The first-order valence-corrected chi connectivity index (χ1v) is 7.80. The summed E-state index contributed by atoms with van der Waals surface area (Å²) in [7, 11) is 0. The number of hydrogen-bond acceptors (Lipinski definition) is 5. The van der Waals surface area contributed by atoms with Crippen molar-refractivity contribution in [3.8, 4) is 0 Å². The van der Waals surface area contributed by atoms with E-state index in [1.54, 1.807) is 32.0 Å². The van der Waals surface area contributed by atoms with Crippen LogP contribution in [0.1, 0.15) is 36.7 Å². The molecular weight excluding hydrogens is 326 g/mol. The van der Waals surface area contributed by atoms with Crippen LogP contribution in [0.25, 0.3) is 0 Å². The van der Waals surface area contributed by atoms with Crippen LogP contribution in [-0.2, 0) is 14.3 Å². The molecule has 1 aromatic carbocycles. The summed E-state index contributed by atoms with van der Waals surface area (Å²) >= 11 is 0. The fourth-order valence-corrected chi connectivity index (χ4v) is 2.04. The van der Waals surface area contributed by atoms with Crippen molar-refractivity contribution in [2.75, 3.05) is 0 Å². The van der Waals surface area contributed by atoms with Gasteiger partial charge in [0.05, 0.1) is 0 Å². The van der Waals surface area contributed by atoms with Crippen LogP contribution in [0.2, 0.25) is 0 Å². The number of urea groups is 1. The SMILES string of the molecule is Cc1cccc(C(=O)N[C@@H](C)C(=O)O[C@@H](C(=O)NC(N)=O)C(C)C)c1. The number of imide groups is 1. The van der Waals surface area contributed by atoms with Gasteiger partial charge in [-0.3, -0.25) is 14.9 Å². The van der Waals surface area contributed by atoms with Gasteiger partial charge in [-0.1, -0.05) is 31.5 Å². The molecule has 0 bridgehead atoms. The van der Waals surface area contributed by atoms with Crippen LogP contribution in [0.15, 0.2) is 24.3 Å². The second-order valence-corrected chi connectivity index (χ2v) is 6.02. The molecule has 8 nitrogen and oxygen atoms in total. The number of rotatable bonds is 6. The quantitative estimate of drug-likeness (QED) is 0.657. The van der Waals surface area contributed by atoms with E-state index in [-0.39, 0.29) is 5.92 Å². The topological polar surface area (TPSA) is 128 Å². The summed E-state index contributed by atoms with van der Waals surface area (Å²) in [4.78, 5) is 46.9. The smallest absolute Gasteiger partial charge is 0.329 e. The molecule has 0 radical (unpaired) electrons. The van der Waals surface area contributed by atoms with Crippen LogP contribution in [0, 0.1) is 12.8 Å². The zero-order valence-electron chi connectivity index (χ0n) is 14.7. The molecule has 4 N–H and O–H groups in total. The maximum Gasteiger partial charge on any atom is 0.329 e. The Balaban J connectivity index is 2.72. The molecule has 0 saturated heterocycles. The van der Waals surface area contributed by atoms with Gasteiger partial charge < -0.3 is 15.8 Å². The van der Waals surface area contributed by atoms with Crippen LogP contribution in [0.5, 0.6) is 0 Å². The average molecular weight is 349 g/mol. The van der Waals surface area contributed by atoms with E-state index < -0.39 is 36.0 Å². The Morgan fingerprint density at radius 2 is 1.76 bits per heavy atom. The summed E-state index contributed by atoms with van der Waals surface area (Å²) in [5.74, 6) is -2.42. The molecule has 0 spiro atoms. The number of aryl methyl sites for hydroxylation is 1. The number of hydrogen-bond donors (Lipinski definition) is 3. The second-order valence-electron chi connectivity index (χ2n) is 6.02. The minimum absolute atomic E-state index is 0.386. The number of benzene rings is 1. The maximum atomic E-state index is 12.2. The minimum atomic E-state index is -1.20. The molecule has 0 fully saturated rings. The number of nitrogens with two attached hydrogens (primary N) is 1. The molecule has 0 unspecified atom stereocenters. The van der Waals surface area contributed by atoms with E-state index in [1.807, 2.05) is 18.3 Å². The van der Waals surface area contributed by atoms with E-state index in [2.05, 4.69) is 5.32 Å². The number of amides is 4. The number of carbonyl (C=O) groups is 4. The molecule has 2 atom stereocenters. The Morgan fingerprint density at radius 1 is 1.12 bits per heavy atom. The predicted octanol–water partition coefficient (Wildman–Crippen LogP) is 0.876. The summed E-state index contributed by atoms with van der Waals surface area (Å²) < 4.78 is 5.12. The van der Waals surface area contributed by atoms with E-state index in [4.69, 9.17) is 10.5 Å². The van der Waals surface area contributed by atoms with Gasteiger partial charge in [-0.25, -0.2) is 9.59 Å². The zero-order chi connectivity index (χ0) is 19.1. The van der Waals surface area contributed by atoms with Gasteiger partial charge in [0, 0.05) is 5.56 Å². The highest BCUT2D eigenvalue weighted by Gasteiger charge is 2.29. The number of primary amides is 1. The monoisotopic (exact) mass is 349 g/mol. The molecule has 4 amide bonds. The molecule has 0 aliphatic heterocycles. The molecule has 1 rings (SSSR count). The third-order valence-corrected chi connectivity index (χ3v) is 3.33. The van der Waals surface area contributed by atoms with Gasteiger partial charge in [0.25, 0.3) is 11.8 Å². The Labute approximate surface area is 146 Å². The lowest BCUT2D eigenvalue weighted by atomic mass is 10.1. The van der Waals surface area contributed by atoms with Crippen molar-refractivity contribution in [2.45, 2.75) is 39.8 Å². The van der Waals surface area contributed by atoms with Crippen molar-refractivity contribution in [3.05, 3.63) is 35.4 Å². The fourth-order valence-electron chi connectivity index (χ4n) is 2.04.